The highest BCUT2D eigenvalue weighted by Crippen LogP contribution is 2.32. The SMILES string of the molecule is O=c1[nH][nH]c(COc2ccc(-c3ccccc3)cc2)c1C=C1C=Nc2ccccc21. The van der Waals surface area contributed by atoms with Gasteiger partial charge in [0.15, 0.2) is 0 Å². The van der Waals surface area contributed by atoms with E-state index in [0.717, 1.165) is 33.7 Å². The van der Waals surface area contributed by atoms with Crippen molar-refractivity contribution in [3.8, 4) is 16.9 Å². The number of ether oxygens (including phenoxy) is 1. The number of H-pyrrole nitrogens is 2. The van der Waals surface area contributed by atoms with Crippen molar-refractivity contribution in [3.05, 3.63) is 106 Å². The minimum Gasteiger partial charge on any atom is -0.487 e. The van der Waals surface area contributed by atoms with Crippen molar-refractivity contribution < 1.29 is 4.74 Å². The van der Waals surface area contributed by atoms with Crippen LogP contribution in [-0.2, 0) is 6.61 Å². The number of hydrogen-bond acceptors (Lipinski definition) is 3. The molecule has 0 saturated heterocycles. The van der Waals surface area contributed by atoms with Gasteiger partial charge in [0.25, 0.3) is 5.56 Å². The van der Waals surface area contributed by atoms with E-state index >= 15 is 0 Å². The van der Waals surface area contributed by atoms with Gasteiger partial charge in [0.05, 0.1) is 16.9 Å². The van der Waals surface area contributed by atoms with Crippen LogP contribution in [0, 0.1) is 0 Å². The van der Waals surface area contributed by atoms with Gasteiger partial charge in [-0.15, -0.1) is 0 Å². The lowest BCUT2D eigenvalue weighted by Gasteiger charge is -2.07. The molecule has 5 nitrogen and oxygen atoms in total. The first-order valence-corrected chi connectivity index (χ1v) is 9.71. The third kappa shape index (κ3) is 3.49. The van der Waals surface area contributed by atoms with Gasteiger partial charge in [-0.2, -0.15) is 0 Å². The molecule has 1 aliphatic rings. The highest BCUT2D eigenvalue weighted by molar-refractivity contribution is 6.21. The summed E-state index contributed by atoms with van der Waals surface area (Å²) in [4.78, 5) is 16.7. The molecule has 2 N–H and O–H groups in total. The molecule has 1 aliphatic heterocycles. The van der Waals surface area contributed by atoms with Crippen LogP contribution in [-0.4, -0.2) is 16.4 Å². The molecule has 0 radical (unpaired) electrons. The fourth-order valence-corrected chi connectivity index (χ4v) is 3.51. The van der Waals surface area contributed by atoms with Crippen LogP contribution in [0.5, 0.6) is 5.75 Å². The lowest BCUT2D eigenvalue weighted by molar-refractivity contribution is 0.301. The average molecular weight is 393 g/mol. The highest BCUT2D eigenvalue weighted by Gasteiger charge is 2.15. The molecule has 0 spiro atoms. The van der Waals surface area contributed by atoms with E-state index in [-0.39, 0.29) is 12.2 Å². The van der Waals surface area contributed by atoms with Crippen LogP contribution in [0.15, 0.2) is 88.6 Å². The first kappa shape index (κ1) is 17.9. The Bertz CT molecular complexity index is 1300. The van der Waals surface area contributed by atoms with Gasteiger partial charge in [0, 0.05) is 17.4 Å². The van der Waals surface area contributed by atoms with Gasteiger partial charge in [-0.25, -0.2) is 0 Å². The summed E-state index contributed by atoms with van der Waals surface area (Å²) < 4.78 is 5.92. The van der Waals surface area contributed by atoms with Gasteiger partial charge in [-0.3, -0.25) is 20.0 Å². The summed E-state index contributed by atoms with van der Waals surface area (Å²) >= 11 is 0. The summed E-state index contributed by atoms with van der Waals surface area (Å²) in [5, 5.41) is 5.58. The number of rotatable bonds is 5. The molecular formula is C25H19N3O2. The lowest BCUT2D eigenvalue weighted by Crippen LogP contribution is -2.04. The monoisotopic (exact) mass is 393 g/mol. The second-order valence-corrected chi connectivity index (χ2v) is 7.03. The Kier molecular flexibility index (Phi) is 4.62. The van der Waals surface area contributed by atoms with Gasteiger partial charge < -0.3 is 4.74 Å². The lowest BCUT2D eigenvalue weighted by atomic mass is 10.0. The van der Waals surface area contributed by atoms with E-state index in [1.807, 2.05) is 72.8 Å². The van der Waals surface area contributed by atoms with Crippen LogP contribution < -0.4 is 10.3 Å². The van der Waals surface area contributed by atoms with Crippen molar-refractivity contribution in [1.29, 1.82) is 0 Å². The van der Waals surface area contributed by atoms with Crippen molar-refractivity contribution in [1.82, 2.24) is 10.2 Å². The predicted molar refractivity (Wildman–Crippen MR) is 120 cm³/mol. The van der Waals surface area contributed by atoms with Crippen molar-refractivity contribution in [2.75, 3.05) is 0 Å². The third-order valence-corrected chi connectivity index (χ3v) is 5.10. The van der Waals surface area contributed by atoms with E-state index in [9.17, 15) is 4.79 Å². The molecule has 1 aromatic heterocycles. The number of allylic oxidation sites excluding steroid dienone is 1. The molecule has 2 heterocycles. The number of nitrogens with one attached hydrogen (secondary N) is 2. The van der Waals surface area contributed by atoms with Gasteiger partial charge in [0.2, 0.25) is 0 Å². The molecule has 0 saturated carbocycles. The van der Waals surface area contributed by atoms with E-state index in [4.69, 9.17) is 4.74 Å². The number of para-hydroxylation sites is 1. The van der Waals surface area contributed by atoms with E-state index in [2.05, 4.69) is 27.3 Å². The molecule has 0 atom stereocenters. The number of aromatic amines is 2. The first-order chi connectivity index (χ1) is 14.8. The summed E-state index contributed by atoms with van der Waals surface area (Å²) in [5.41, 5.74) is 6.18. The maximum Gasteiger partial charge on any atom is 0.271 e. The number of benzene rings is 3. The zero-order valence-electron chi connectivity index (χ0n) is 16.1. The molecule has 0 aliphatic carbocycles. The van der Waals surface area contributed by atoms with E-state index < -0.39 is 0 Å². The predicted octanol–water partition coefficient (Wildman–Crippen LogP) is 5.21. The minimum atomic E-state index is -0.182. The van der Waals surface area contributed by atoms with Crippen LogP contribution in [0.25, 0.3) is 22.8 Å². The van der Waals surface area contributed by atoms with Crippen LogP contribution >= 0.6 is 0 Å². The molecule has 30 heavy (non-hydrogen) atoms. The fourth-order valence-electron chi connectivity index (χ4n) is 3.51. The van der Waals surface area contributed by atoms with Gasteiger partial charge in [-0.1, -0.05) is 60.7 Å². The number of hydrogen-bond donors (Lipinski definition) is 2. The third-order valence-electron chi connectivity index (χ3n) is 5.10. The molecule has 146 valence electrons. The van der Waals surface area contributed by atoms with Gasteiger partial charge in [-0.05, 0) is 35.4 Å². The van der Waals surface area contributed by atoms with Gasteiger partial charge in [0.1, 0.15) is 12.4 Å². The molecule has 0 bridgehead atoms. The van der Waals surface area contributed by atoms with Crippen LogP contribution in [0.4, 0.5) is 5.69 Å². The van der Waals surface area contributed by atoms with Crippen molar-refractivity contribution in [2.24, 2.45) is 4.99 Å². The summed E-state index contributed by atoms with van der Waals surface area (Å²) in [6, 6.07) is 26.0. The largest absolute Gasteiger partial charge is 0.487 e. The molecule has 3 aromatic carbocycles. The Morgan fingerprint density at radius 3 is 2.40 bits per heavy atom. The quantitative estimate of drug-likeness (QED) is 0.489. The molecule has 0 unspecified atom stereocenters. The molecule has 5 heteroatoms. The second kappa shape index (κ2) is 7.72. The molecule has 5 rings (SSSR count). The Balaban J connectivity index is 1.34. The Morgan fingerprint density at radius 1 is 0.833 bits per heavy atom. The Hall–Kier alpha value is -4.12. The number of nitrogens with zero attached hydrogens (tertiary/aromatic N) is 1. The molecule has 4 aromatic rings. The summed E-state index contributed by atoms with van der Waals surface area (Å²) in [5.74, 6) is 0.739. The van der Waals surface area contributed by atoms with Crippen molar-refractivity contribution >= 4 is 23.6 Å². The van der Waals surface area contributed by atoms with E-state index in [1.54, 1.807) is 6.21 Å². The number of aromatic nitrogens is 2. The summed E-state index contributed by atoms with van der Waals surface area (Å²) in [6.07, 6.45) is 3.63. The van der Waals surface area contributed by atoms with Crippen molar-refractivity contribution in [3.63, 3.8) is 0 Å². The van der Waals surface area contributed by atoms with Crippen LogP contribution in [0.3, 0.4) is 0 Å². The van der Waals surface area contributed by atoms with Crippen molar-refractivity contribution in [2.45, 2.75) is 6.61 Å². The van der Waals surface area contributed by atoms with Crippen LogP contribution in [0.1, 0.15) is 16.8 Å². The molecule has 0 amide bonds. The first-order valence-electron chi connectivity index (χ1n) is 9.71. The number of aliphatic imine (C=N–C) groups is 1. The topological polar surface area (TPSA) is 70.2 Å². The zero-order chi connectivity index (χ0) is 20.3. The summed E-state index contributed by atoms with van der Waals surface area (Å²) in [7, 11) is 0. The summed E-state index contributed by atoms with van der Waals surface area (Å²) in [6.45, 7) is 0.251. The fraction of sp³-hybridized carbons (Fsp3) is 0.0400. The standard InChI is InChI=1S/C25H19N3O2/c29-25-22(14-19-15-26-23-9-5-4-8-21(19)23)24(27-28-25)16-30-20-12-10-18(11-13-20)17-6-2-1-3-7-17/h1-15H,16H2,(H2,27,28,29). The molecular weight excluding hydrogens is 374 g/mol. The normalized spacial score (nSPS) is 13.5. The van der Waals surface area contributed by atoms with E-state index in [0.29, 0.717) is 11.3 Å². The second-order valence-electron chi connectivity index (χ2n) is 7.03. The Labute approximate surface area is 173 Å². The molecule has 0 fully saturated rings. The van der Waals surface area contributed by atoms with E-state index in [1.165, 1.54) is 0 Å². The minimum absolute atomic E-state index is 0.182. The highest BCUT2D eigenvalue weighted by atomic mass is 16.5. The van der Waals surface area contributed by atoms with Gasteiger partial charge >= 0.3 is 0 Å². The van der Waals surface area contributed by atoms with Crippen LogP contribution in [0.2, 0.25) is 0 Å². The average Bonchev–Trinajstić information content (AvgIpc) is 3.37. The smallest absolute Gasteiger partial charge is 0.271 e. The maximum atomic E-state index is 12.3. The zero-order valence-corrected chi connectivity index (χ0v) is 16.1. The Morgan fingerprint density at radius 2 is 1.57 bits per heavy atom. The number of fused-ring (bicyclic) bond motifs is 1. The maximum absolute atomic E-state index is 12.3.